The van der Waals surface area contributed by atoms with Crippen LogP contribution in [0.4, 0.5) is 0 Å². The molecule has 1 N–H and O–H groups in total. The summed E-state index contributed by atoms with van der Waals surface area (Å²) in [5, 5.41) is 7.06. The monoisotopic (exact) mass is 366 g/mol. The van der Waals surface area contributed by atoms with Crippen LogP contribution < -0.4 is 14.8 Å². The zero-order valence-corrected chi connectivity index (χ0v) is 15.2. The molecule has 0 fully saturated rings. The molecule has 0 aliphatic carbocycles. The molecule has 2 heterocycles. The van der Waals surface area contributed by atoms with Gasteiger partial charge in [-0.1, -0.05) is 0 Å². The van der Waals surface area contributed by atoms with Crippen LogP contribution in [0, 0.1) is 0 Å². The van der Waals surface area contributed by atoms with Crippen molar-refractivity contribution in [1.82, 2.24) is 20.1 Å². The lowest BCUT2D eigenvalue weighted by Gasteiger charge is -2.10. The van der Waals surface area contributed by atoms with Gasteiger partial charge in [-0.15, -0.1) is 0 Å². The highest BCUT2D eigenvalue weighted by atomic mass is 16.5. The number of pyridine rings is 1. The van der Waals surface area contributed by atoms with Crippen molar-refractivity contribution in [3.63, 3.8) is 0 Å². The second-order valence-electron chi connectivity index (χ2n) is 5.71. The summed E-state index contributed by atoms with van der Waals surface area (Å²) in [5.74, 6) is 1.42. The first-order chi connectivity index (χ1) is 13.3. The summed E-state index contributed by atoms with van der Waals surface area (Å²) in [4.78, 5) is 16.2. The quantitative estimate of drug-likeness (QED) is 0.589. The third kappa shape index (κ3) is 5.31. The Morgan fingerprint density at radius 2 is 1.70 bits per heavy atom. The molecule has 1 amide bonds. The van der Waals surface area contributed by atoms with Gasteiger partial charge in [0.15, 0.2) is 0 Å². The second kappa shape index (κ2) is 9.38. The predicted octanol–water partition coefficient (Wildman–Crippen LogP) is 2.54. The first kappa shape index (κ1) is 18.4. The lowest BCUT2D eigenvalue weighted by atomic mass is 10.2. The molecule has 0 saturated heterocycles. The summed E-state index contributed by atoms with van der Waals surface area (Å²) in [6.07, 6.45) is 5.11. The van der Waals surface area contributed by atoms with Gasteiger partial charge in [0, 0.05) is 24.2 Å². The number of carbonyl (C=O) groups is 1. The number of rotatable bonds is 9. The molecule has 0 saturated carbocycles. The number of nitrogens with one attached hydrogen (secondary N) is 1. The topological polar surface area (TPSA) is 78.3 Å². The number of carbonyl (C=O) groups excluding carboxylic acids is 1. The molecule has 1 aromatic carbocycles. The summed E-state index contributed by atoms with van der Waals surface area (Å²) >= 11 is 0. The average Bonchev–Trinajstić information content (AvgIpc) is 3.15. The normalized spacial score (nSPS) is 10.4. The molecule has 0 aliphatic heterocycles. The Balaban J connectivity index is 1.43. The number of ether oxygens (including phenoxy) is 2. The van der Waals surface area contributed by atoms with Crippen LogP contribution in [0.5, 0.6) is 11.5 Å². The number of benzene rings is 1. The van der Waals surface area contributed by atoms with Crippen LogP contribution >= 0.6 is 0 Å². The van der Waals surface area contributed by atoms with Gasteiger partial charge in [0.25, 0.3) is 0 Å². The highest BCUT2D eigenvalue weighted by molar-refractivity contribution is 5.76. The average molecular weight is 366 g/mol. The van der Waals surface area contributed by atoms with E-state index in [2.05, 4.69) is 15.4 Å². The molecule has 2 aromatic heterocycles. The van der Waals surface area contributed by atoms with Crippen LogP contribution in [-0.4, -0.2) is 40.4 Å². The smallest absolute Gasteiger partial charge is 0.241 e. The van der Waals surface area contributed by atoms with Gasteiger partial charge in [0.1, 0.15) is 24.7 Å². The van der Waals surface area contributed by atoms with Gasteiger partial charge in [-0.05, 0) is 49.4 Å². The van der Waals surface area contributed by atoms with Crippen LogP contribution in [0.1, 0.15) is 6.92 Å². The van der Waals surface area contributed by atoms with E-state index in [0.717, 1.165) is 22.8 Å². The Labute approximate surface area is 158 Å². The molecule has 0 radical (unpaired) electrons. The summed E-state index contributed by atoms with van der Waals surface area (Å²) in [5.41, 5.74) is 1.84. The summed E-state index contributed by atoms with van der Waals surface area (Å²) in [6.45, 7) is 3.52. The number of hydrogen-bond acceptors (Lipinski definition) is 5. The first-order valence-electron chi connectivity index (χ1n) is 8.81. The maximum absolute atomic E-state index is 12.2. The van der Waals surface area contributed by atoms with Gasteiger partial charge in [0.05, 0.1) is 18.8 Å². The van der Waals surface area contributed by atoms with E-state index in [1.165, 1.54) is 0 Å². The lowest BCUT2D eigenvalue weighted by molar-refractivity contribution is -0.121. The molecule has 0 unspecified atom stereocenters. The van der Waals surface area contributed by atoms with Gasteiger partial charge >= 0.3 is 0 Å². The number of nitrogens with zero attached hydrogens (tertiary/aromatic N) is 3. The fraction of sp³-hybridized carbons (Fsp3) is 0.250. The second-order valence-corrected chi connectivity index (χ2v) is 5.71. The molecule has 3 rings (SSSR count). The van der Waals surface area contributed by atoms with Gasteiger partial charge in [-0.3, -0.25) is 14.5 Å². The molecule has 0 atom stereocenters. The minimum Gasteiger partial charge on any atom is -0.494 e. The van der Waals surface area contributed by atoms with Crippen LogP contribution in [0.3, 0.4) is 0 Å². The Bertz CT molecular complexity index is 847. The third-order valence-corrected chi connectivity index (χ3v) is 3.81. The van der Waals surface area contributed by atoms with E-state index in [1.807, 2.05) is 49.4 Å². The van der Waals surface area contributed by atoms with Crippen molar-refractivity contribution >= 4 is 5.91 Å². The van der Waals surface area contributed by atoms with Crippen LogP contribution in [0.25, 0.3) is 11.3 Å². The number of aromatic nitrogens is 3. The van der Waals surface area contributed by atoms with E-state index in [1.54, 1.807) is 23.3 Å². The summed E-state index contributed by atoms with van der Waals surface area (Å²) in [6, 6.07) is 13.0. The summed E-state index contributed by atoms with van der Waals surface area (Å²) in [7, 11) is 0. The lowest BCUT2D eigenvalue weighted by Crippen LogP contribution is -2.31. The van der Waals surface area contributed by atoms with Gasteiger partial charge in [0.2, 0.25) is 5.91 Å². The Kier molecular flexibility index (Phi) is 6.40. The zero-order chi connectivity index (χ0) is 18.9. The minimum absolute atomic E-state index is 0.121. The Hall–Kier alpha value is -3.35. The molecule has 0 aliphatic rings. The largest absolute Gasteiger partial charge is 0.494 e. The molecular formula is C20H22N4O3. The molecule has 0 spiro atoms. The fourth-order valence-corrected chi connectivity index (χ4v) is 2.58. The van der Waals surface area contributed by atoms with Crippen molar-refractivity contribution in [2.45, 2.75) is 13.5 Å². The van der Waals surface area contributed by atoms with E-state index >= 15 is 0 Å². The van der Waals surface area contributed by atoms with Gasteiger partial charge in [-0.2, -0.15) is 5.10 Å². The first-order valence-corrected chi connectivity index (χ1v) is 8.81. The van der Waals surface area contributed by atoms with E-state index in [-0.39, 0.29) is 12.5 Å². The third-order valence-electron chi connectivity index (χ3n) is 3.81. The molecule has 3 aromatic rings. The number of hydrogen-bond donors (Lipinski definition) is 1. The maximum Gasteiger partial charge on any atom is 0.241 e. The van der Waals surface area contributed by atoms with Crippen molar-refractivity contribution in [3.8, 4) is 22.8 Å². The van der Waals surface area contributed by atoms with Crippen LogP contribution in [0.15, 0.2) is 61.1 Å². The van der Waals surface area contributed by atoms with E-state index in [4.69, 9.17) is 9.47 Å². The van der Waals surface area contributed by atoms with Crippen molar-refractivity contribution in [2.75, 3.05) is 19.8 Å². The van der Waals surface area contributed by atoms with Crippen molar-refractivity contribution in [3.05, 3.63) is 61.1 Å². The van der Waals surface area contributed by atoms with E-state index < -0.39 is 0 Å². The number of amides is 1. The molecule has 0 bridgehead atoms. The molecule has 7 heteroatoms. The fourth-order valence-electron chi connectivity index (χ4n) is 2.58. The molecule has 7 nitrogen and oxygen atoms in total. The van der Waals surface area contributed by atoms with Gasteiger partial charge < -0.3 is 14.8 Å². The van der Waals surface area contributed by atoms with E-state index in [0.29, 0.717) is 19.8 Å². The molecule has 140 valence electrons. The standard InChI is InChI=1S/C20H22N4O3/c1-2-26-17-3-5-18(6-4-17)27-14-13-22-20(25)15-24-19(9-12-23-24)16-7-10-21-11-8-16/h3-12H,2,13-15H2,1H3,(H,22,25). The zero-order valence-electron chi connectivity index (χ0n) is 15.2. The minimum atomic E-state index is -0.121. The Morgan fingerprint density at radius 3 is 2.41 bits per heavy atom. The van der Waals surface area contributed by atoms with E-state index in [9.17, 15) is 4.79 Å². The van der Waals surface area contributed by atoms with Gasteiger partial charge in [-0.25, -0.2) is 0 Å². The maximum atomic E-state index is 12.2. The van der Waals surface area contributed by atoms with Crippen molar-refractivity contribution in [1.29, 1.82) is 0 Å². The Morgan fingerprint density at radius 1 is 1.00 bits per heavy atom. The summed E-state index contributed by atoms with van der Waals surface area (Å²) < 4.78 is 12.7. The van der Waals surface area contributed by atoms with Crippen LogP contribution in [-0.2, 0) is 11.3 Å². The van der Waals surface area contributed by atoms with Crippen molar-refractivity contribution in [2.24, 2.45) is 0 Å². The van der Waals surface area contributed by atoms with Crippen LogP contribution in [0.2, 0.25) is 0 Å². The SMILES string of the molecule is CCOc1ccc(OCCNC(=O)Cn2nccc2-c2ccncc2)cc1. The highest BCUT2D eigenvalue weighted by Crippen LogP contribution is 2.18. The molecule has 27 heavy (non-hydrogen) atoms. The molecular weight excluding hydrogens is 344 g/mol. The predicted molar refractivity (Wildman–Crippen MR) is 102 cm³/mol. The highest BCUT2D eigenvalue weighted by Gasteiger charge is 2.09. The van der Waals surface area contributed by atoms with Crippen molar-refractivity contribution < 1.29 is 14.3 Å².